The molecule has 0 fully saturated rings. The van der Waals surface area contributed by atoms with Crippen LogP contribution in [0.5, 0.6) is 0 Å². The van der Waals surface area contributed by atoms with Crippen LogP contribution in [0.1, 0.15) is 51.4 Å². The molecule has 136 valence electrons. The zero-order valence-electron chi connectivity index (χ0n) is 15.8. The maximum atomic E-state index is 8.98. The fourth-order valence-electron chi connectivity index (χ4n) is 2.64. The molecule has 2 radical (unpaired) electrons. The van der Waals surface area contributed by atoms with Crippen LogP contribution < -0.4 is 0 Å². The van der Waals surface area contributed by atoms with E-state index in [-0.39, 0.29) is 11.3 Å². The lowest BCUT2D eigenvalue weighted by Gasteiger charge is -2.42. The van der Waals surface area contributed by atoms with Crippen molar-refractivity contribution < 1.29 is 8.79 Å². The molecule has 0 unspecified atom stereocenters. The van der Waals surface area contributed by atoms with Crippen molar-refractivity contribution in [2.75, 3.05) is 41.3 Å². The van der Waals surface area contributed by atoms with Gasteiger partial charge in [-0.15, -0.1) is 0 Å². The van der Waals surface area contributed by atoms with Crippen LogP contribution >= 0.6 is 31.5 Å². The third-order valence-electron chi connectivity index (χ3n) is 4.66. The second kappa shape index (κ2) is 12.4. The number of hydrogen-bond donors (Lipinski definition) is 0. The molecule has 0 saturated carbocycles. The van der Waals surface area contributed by atoms with Gasteiger partial charge in [0.2, 0.25) is 0 Å². The van der Waals surface area contributed by atoms with Crippen molar-refractivity contribution >= 4 is 42.9 Å². The van der Waals surface area contributed by atoms with Gasteiger partial charge in [-0.2, -0.15) is 0 Å². The molecule has 0 aliphatic carbocycles. The van der Waals surface area contributed by atoms with E-state index in [1.54, 1.807) is 0 Å². The van der Waals surface area contributed by atoms with E-state index in [9.17, 15) is 0 Å². The minimum atomic E-state index is -0.111. The van der Waals surface area contributed by atoms with Crippen LogP contribution in [0.25, 0.3) is 0 Å². The Morgan fingerprint density at radius 2 is 0.875 bits per heavy atom. The molecule has 0 atom stereocenters. The molecule has 0 aromatic heterocycles. The molecule has 0 bridgehead atoms. The Labute approximate surface area is 166 Å². The van der Waals surface area contributed by atoms with E-state index in [1.165, 1.54) is 51.4 Å². The molecule has 0 saturated heterocycles. The van der Waals surface area contributed by atoms with Crippen LogP contribution in [-0.4, -0.2) is 61.4 Å². The summed E-state index contributed by atoms with van der Waals surface area (Å²) < 4.78 is 1.45. The average Bonchev–Trinajstić information content (AvgIpc) is 2.54. The van der Waals surface area contributed by atoms with E-state index in [0.717, 1.165) is 21.9 Å². The van der Waals surface area contributed by atoms with Gasteiger partial charge in [-0.3, -0.25) is 31.5 Å². The predicted molar refractivity (Wildman–Crippen MR) is 111 cm³/mol. The first-order valence-corrected chi connectivity index (χ1v) is 10.7. The van der Waals surface area contributed by atoms with E-state index in [2.05, 4.69) is 71.6 Å². The minimum Gasteiger partial charge on any atom is -0.520 e. The fraction of sp³-hybridized carbons (Fsp3) is 0.875. The minimum absolute atomic E-state index is 0.111. The Morgan fingerprint density at radius 1 is 0.625 bits per heavy atom. The number of halogens is 2. The Bertz CT molecular complexity index is 393. The van der Waals surface area contributed by atoms with Gasteiger partial charge in [0.05, 0.1) is 0 Å². The first-order chi connectivity index (χ1) is 11.2. The molecule has 24 heavy (non-hydrogen) atoms. The highest BCUT2D eigenvalue weighted by Crippen LogP contribution is 2.15. The largest absolute Gasteiger partial charge is 0.520 e. The zero-order valence-corrected chi connectivity index (χ0v) is 18.9. The summed E-state index contributed by atoms with van der Waals surface area (Å²) in [5, 5.41) is 18.0. The van der Waals surface area contributed by atoms with Crippen LogP contribution in [0.4, 0.5) is 0 Å². The molecule has 0 amide bonds. The van der Waals surface area contributed by atoms with Crippen molar-refractivity contribution in [3.63, 3.8) is 0 Å². The highest BCUT2D eigenvalue weighted by Gasteiger charge is 2.17. The van der Waals surface area contributed by atoms with E-state index in [1.807, 2.05) is 0 Å². The predicted octanol–water partition coefficient (Wildman–Crippen LogP) is 4.15. The van der Waals surface area contributed by atoms with Gasteiger partial charge in [-0.1, -0.05) is 37.6 Å². The summed E-state index contributed by atoms with van der Waals surface area (Å²) in [6, 6.07) is 0. The van der Waals surface area contributed by atoms with Crippen molar-refractivity contribution in [3.8, 4) is 11.9 Å². The lowest BCUT2D eigenvalue weighted by Crippen LogP contribution is -2.49. The lowest BCUT2D eigenvalue weighted by molar-refractivity contribution is -0.779. The first-order valence-electron chi connectivity index (χ1n) is 8.90. The molecule has 0 spiro atoms. The Morgan fingerprint density at radius 3 is 1.12 bits per heavy atom. The maximum Gasteiger partial charge on any atom is 0.315 e. The quantitative estimate of drug-likeness (QED) is 0.305. The Hall–Kier alpha value is -0.0101. The van der Waals surface area contributed by atoms with Gasteiger partial charge in [0.1, 0.15) is 0 Å². The van der Waals surface area contributed by atoms with Crippen LogP contribution in [0.2, 0.25) is 0 Å². The van der Waals surface area contributed by atoms with Crippen LogP contribution in [0, 0.1) is 22.5 Å². The van der Waals surface area contributed by atoms with Crippen LogP contribution in [0.3, 0.4) is 0 Å². The van der Waals surface area contributed by atoms with E-state index >= 15 is 0 Å². The van der Waals surface area contributed by atoms with E-state index < -0.39 is 0 Å². The highest BCUT2D eigenvalue weighted by atomic mass is 79.9. The van der Waals surface area contributed by atoms with Crippen molar-refractivity contribution in [3.05, 3.63) is 0 Å². The normalized spacial score (nSPS) is 12.4. The van der Waals surface area contributed by atoms with Gasteiger partial charge in [-0.25, -0.2) is 10.5 Å². The number of unbranched alkanes of at least 4 members (excludes halogenated alkanes) is 7. The van der Waals surface area contributed by atoms with Crippen molar-refractivity contribution in [1.82, 2.24) is 0 Å². The third-order valence-corrected chi connectivity index (χ3v) is 7.29. The summed E-state index contributed by atoms with van der Waals surface area (Å²) in [6.45, 7) is 2.09. The number of hydrogen-bond acceptors (Lipinski definition) is 2. The van der Waals surface area contributed by atoms with Crippen molar-refractivity contribution in [1.29, 1.82) is 10.5 Å². The van der Waals surface area contributed by atoms with Gasteiger partial charge >= 0.3 is 11.3 Å². The first kappa shape index (κ1) is 24.0. The van der Waals surface area contributed by atoms with Crippen molar-refractivity contribution in [2.24, 2.45) is 0 Å². The van der Waals surface area contributed by atoms with Gasteiger partial charge in [-0.05, 0) is 25.7 Å². The molecule has 0 aromatic rings. The molecule has 4 nitrogen and oxygen atoms in total. The third kappa shape index (κ3) is 10.1. The molecule has 0 rings (SSSR count). The van der Waals surface area contributed by atoms with Gasteiger partial charge in [0.15, 0.2) is 0 Å². The zero-order chi connectivity index (χ0) is 18.6. The van der Waals surface area contributed by atoms with E-state index in [0.29, 0.717) is 0 Å². The van der Waals surface area contributed by atoms with Gasteiger partial charge in [0.25, 0.3) is 0 Å². The van der Waals surface area contributed by atoms with E-state index in [4.69, 9.17) is 10.5 Å². The maximum absolute atomic E-state index is 8.98. The standard InChI is InChI=1S/C16H32B2Br2N4/c1-23(2,17(19)15-21)13-11-9-7-5-6-8-10-12-14-24(3,4)18(20)16-22/h5-14H2,1-4H3. The molecular weight excluding hydrogens is 430 g/mol. The highest BCUT2D eigenvalue weighted by molar-refractivity contribution is 9.24. The van der Waals surface area contributed by atoms with Crippen LogP contribution in [0.15, 0.2) is 0 Å². The SMILES string of the molecule is C[N+](C)(CCCCCCCCCC[N+](C)(C)[B-](Br)C#N)[B-](Br)C#N. The summed E-state index contributed by atoms with van der Waals surface area (Å²) in [7, 11) is 8.41. The fourth-order valence-corrected chi connectivity index (χ4v) is 3.05. The molecule has 0 aliphatic heterocycles. The molecular formula is C16H32B2Br2N4. The summed E-state index contributed by atoms with van der Waals surface area (Å²) in [6.07, 6.45) is 10.1. The summed E-state index contributed by atoms with van der Waals surface area (Å²) in [4.78, 5) is 0. The second-order valence-corrected chi connectivity index (χ2v) is 9.50. The summed E-state index contributed by atoms with van der Waals surface area (Å²) in [5.74, 6) is 4.55. The van der Waals surface area contributed by atoms with Gasteiger partial charge in [0, 0.05) is 41.3 Å². The molecule has 0 N–H and O–H groups in total. The number of quaternary nitrogens is 2. The Kier molecular flexibility index (Phi) is 12.4. The monoisotopic (exact) mass is 460 g/mol. The Balaban J connectivity index is 3.57. The number of rotatable bonds is 13. The van der Waals surface area contributed by atoms with Gasteiger partial charge < -0.3 is 8.79 Å². The number of nitriles is 2. The lowest BCUT2D eigenvalue weighted by atomic mass is 9.90. The smallest absolute Gasteiger partial charge is 0.315 e. The summed E-state index contributed by atoms with van der Waals surface area (Å²) >= 11 is 6.87. The topological polar surface area (TPSA) is 47.6 Å². The molecule has 0 aromatic carbocycles. The number of nitrogens with zero attached hydrogens (tertiary/aromatic N) is 4. The summed E-state index contributed by atoms with van der Waals surface area (Å²) in [5.41, 5.74) is -0.222. The van der Waals surface area contributed by atoms with Crippen LogP contribution in [-0.2, 0) is 0 Å². The molecule has 8 heteroatoms. The molecule has 0 heterocycles. The second-order valence-electron chi connectivity index (χ2n) is 7.76. The molecule has 0 aliphatic rings. The van der Waals surface area contributed by atoms with Crippen molar-refractivity contribution in [2.45, 2.75) is 51.4 Å². The average molecular weight is 462 g/mol.